The average molecular weight is 410 g/mol. The Morgan fingerprint density at radius 3 is 2.66 bits per heavy atom. The number of allylic oxidation sites excluding steroid dienone is 1. The Bertz CT molecular complexity index is 927. The summed E-state index contributed by atoms with van der Waals surface area (Å²) in [6.07, 6.45) is 10.5. The molecule has 1 aromatic rings. The third-order valence-corrected chi connectivity index (χ3v) is 4.25. The molecule has 29 heavy (non-hydrogen) atoms. The molecule has 6 nitrogen and oxygen atoms in total. The third-order valence-electron chi connectivity index (χ3n) is 3.93. The molecule has 2 rings (SSSR count). The van der Waals surface area contributed by atoms with Crippen LogP contribution < -0.4 is 14.8 Å². The number of hydrogen-bond donors (Lipinski definition) is 1. The topological polar surface area (TPSA) is 67.9 Å². The first kappa shape index (κ1) is 21.9. The number of terminal acetylenes is 1. The highest BCUT2D eigenvalue weighted by molar-refractivity contribution is 7.80. The van der Waals surface area contributed by atoms with Gasteiger partial charge in [0.1, 0.15) is 12.2 Å². The molecule has 1 heterocycles. The second-order valence-corrected chi connectivity index (χ2v) is 6.33. The normalized spacial score (nSPS) is 15.0. The number of carbonyl (C=O) groups is 2. The van der Waals surface area contributed by atoms with Gasteiger partial charge in [-0.15, -0.1) is 19.6 Å². The van der Waals surface area contributed by atoms with Crippen molar-refractivity contribution in [1.29, 1.82) is 0 Å². The Balaban J connectivity index is 2.55. The summed E-state index contributed by atoms with van der Waals surface area (Å²) in [7, 11) is 0. The van der Waals surface area contributed by atoms with Crippen LogP contribution in [0.3, 0.4) is 0 Å². The van der Waals surface area contributed by atoms with Gasteiger partial charge in [0.05, 0.1) is 6.61 Å². The molecule has 7 heteroatoms. The van der Waals surface area contributed by atoms with Crippen molar-refractivity contribution in [2.75, 3.05) is 19.8 Å². The van der Waals surface area contributed by atoms with Crippen LogP contribution in [0.5, 0.6) is 11.5 Å². The first-order chi connectivity index (χ1) is 14.0. The fourth-order valence-corrected chi connectivity index (χ4v) is 3.02. The minimum absolute atomic E-state index is 0.0373. The number of ether oxygens (including phenoxy) is 2. The summed E-state index contributed by atoms with van der Waals surface area (Å²) in [6.45, 7) is 9.89. The van der Waals surface area contributed by atoms with E-state index < -0.39 is 11.8 Å². The van der Waals surface area contributed by atoms with Crippen LogP contribution in [0.2, 0.25) is 0 Å². The lowest BCUT2D eigenvalue weighted by Gasteiger charge is -2.27. The summed E-state index contributed by atoms with van der Waals surface area (Å²) in [5, 5.41) is 2.57. The molecule has 150 valence electrons. The first-order valence-electron chi connectivity index (χ1n) is 8.93. The molecule has 0 atom stereocenters. The molecule has 0 bridgehead atoms. The zero-order valence-electron chi connectivity index (χ0n) is 16.2. The molecule has 0 aromatic heterocycles. The molecule has 0 unspecified atom stereocenters. The van der Waals surface area contributed by atoms with Gasteiger partial charge in [-0.2, -0.15) is 0 Å². The van der Waals surface area contributed by atoms with Gasteiger partial charge < -0.3 is 9.47 Å². The van der Waals surface area contributed by atoms with Crippen molar-refractivity contribution in [2.24, 2.45) is 0 Å². The van der Waals surface area contributed by atoms with Crippen molar-refractivity contribution in [3.63, 3.8) is 0 Å². The Morgan fingerprint density at radius 2 is 2.03 bits per heavy atom. The Morgan fingerprint density at radius 1 is 1.28 bits per heavy atom. The Labute approximate surface area is 175 Å². The van der Waals surface area contributed by atoms with E-state index in [-0.39, 0.29) is 23.8 Å². The van der Waals surface area contributed by atoms with Gasteiger partial charge in [-0.3, -0.25) is 19.8 Å². The van der Waals surface area contributed by atoms with Crippen molar-refractivity contribution < 1.29 is 19.1 Å². The van der Waals surface area contributed by atoms with E-state index in [0.717, 1.165) is 5.56 Å². The van der Waals surface area contributed by atoms with E-state index in [2.05, 4.69) is 24.4 Å². The highest BCUT2D eigenvalue weighted by atomic mass is 32.1. The van der Waals surface area contributed by atoms with E-state index in [0.29, 0.717) is 30.1 Å². The number of carbonyl (C=O) groups excluding carboxylic acids is 2. The van der Waals surface area contributed by atoms with Crippen molar-refractivity contribution in [1.82, 2.24) is 10.2 Å². The molecule has 2 amide bonds. The summed E-state index contributed by atoms with van der Waals surface area (Å²) < 4.78 is 11.4. The maximum Gasteiger partial charge on any atom is 0.265 e. The predicted molar refractivity (Wildman–Crippen MR) is 116 cm³/mol. The number of amides is 2. The highest BCUT2D eigenvalue weighted by Gasteiger charge is 2.32. The lowest BCUT2D eigenvalue weighted by molar-refractivity contribution is -0.128. The van der Waals surface area contributed by atoms with Gasteiger partial charge in [-0.05, 0) is 49.3 Å². The molecule has 0 radical (unpaired) electrons. The van der Waals surface area contributed by atoms with Crippen LogP contribution in [0.1, 0.15) is 18.1 Å². The number of nitrogens with zero attached hydrogens (tertiary/aromatic N) is 1. The van der Waals surface area contributed by atoms with Crippen LogP contribution in [0.25, 0.3) is 6.08 Å². The third kappa shape index (κ3) is 5.12. The molecule has 0 aliphatic carbocycles. The molecule has 0 saturated carbocycles. The van der Waals surface area contributed by atoms with Gasteiger partial charge in [0.25, 0.3) is 11.8 Å². The summed E-state index contributed by atoms with van der Waals surface area (Å²) in [5.74, 6) is 2.36. The van der Waals surface area contributed by atoms with Crippen molar-refractivity contribution in [3.05, 3.63) is 54.1 Å². The predicted octanol–water partition coefficient (Wildman–Crippen LogP) is 2.64. The summed E-state index contributed by atoms with van der Waals surface area (Å²) in [5.41, 5.74) is 1.34. The summed E-state index contributed by atoms with van der Waals surface area (Å²) in [4.78, 5) is 26.4. The summed E-state index contributed by atoms with van der Waals surface area (Å²) in [6, 6.07) is 3.49. The second-order valence-electron chi connectivity index (χ2n) is 5.95. The number of thiocarbonyl (C=S) groups is 1. The van der Waals surface area contributed by atoms with E-state index in [1.54, 1.807) is 18.2 Å². The maximum atomic E-state index is 12.7. The van der Waals surface area contributed by atoms with Gasteiger partial charge in [0.2, 0.25) is 0 Å². The largest absolute Gasteiger partial charge is 0.490 e. The molecule has 1 N–H and O–H groups in total. The zero-order valence-corrected chi connectivity index (χ0v) is 17.0. The van der Waals surface area contributed by atoms with E-state index in [9.17, 15) is 9.59 Å². The standard InChI is InChI=1S/C22H22N2O4S/c1-5-9-16-12-15(14-18(27-8-4)19(16)28-11-7-3)13-17-20(25)23-22(29)24(10-6-2)21(17)26/h3,5-6,12-14H,1-2,8-11H2,4H3,(H,23,25,29)/b17-13+. The summed E-state index contributed by atoms with van der Waals surface area (Å²) >= 11 is 5.07. The van der Waals surface area contributed by atoms with Crippen molar-refractivity contribution in [3.8, 4) is 23.8 Å². The van der Waals surface area contributed by atoms with Crippen molar-refractivity contribution >= 4 is 35.2 Å². The van der Waals surface area contributed by atoms with Gasteiger partial charge in [0, 0.05) is 12.1 Å². The number of benzene rings is 1. The minimum Gasteiger partial charge on any atom is -0.490 e. The molecule has 0 spiro atoms. The molecule has 1 fully saturated rings. The number of rotatable bonds is 9. The zero-order chi connectivity index (χ0) is 21.4. The van der Waals surface area contributed by atoms with Crippen LogP contribution >= 0.6 is 12.2 Å². The second kappa shape index (κ2) is 10.2. The first-order valence-corrected chi connectivity index (χ1v) is 9.34. The van der Waals surface area contributed by atoms with E-state index in [4.69, 9.17) is 28.1 Å². The maximum absolute atomic E-state index is 12.7. The smallest absolute Gasteiger partial charge is 0.265 e. The van der Waals surface area contributed by atoms with Gasteiger partial charge >= 0.3 is 0 Å². The molecule has 1 aliphatic heterocycles. The van der Waals surface area contributed by atoms with E-state index >= 15 is 0 Å². The lowest BCUT2D eigenvalue weighted by Crippen LogP contribution is -2.53. The van der Waals surface area contributed by atoms with Crippen LogP contribution in [-0.2, 0) is 16.0 Å². The number of hydrogen-bond acceptors (Lipinski definition) is 5. The van der Waals surface area contributed by atoms with Gasteiger partial charge in [-0.1, -0.05) is 18.1 Å². The highest BCUT2D eigenvalue weighted by Crippen LogP contribution is 2.35. The van der Waals surface area contributed by atoms with Crippen LogP contribution in [0.4, 0.5) is 0 Å². The SMILES string of the molecule is C#CCOc1c(CC=C)cc(/C=C2\C(=O)NC(=S)N(CC=C)C2=O)cc1OCC. The van der Waals surface area contributed by atoms with Crippen molar-refractivity contribution in [2.45, 2.75) is 13.3 Å². The fraction of sp³-hybridized carbons (Fsp3) is 0.227. The molecule has 1 aromatic carbocycles. The lowest BCUT2D eigenvalue weighted by atomic mass is 10.0. The van der Waals surface area contributed by atoms with Crippen LogP contribution in [-0.4, -0.2) is 41.6 Å². The molecular formula is C22H22N2O4S. The van der Waals surface area contributed by atoms with Gasteiger partial charge in [-0.25, -0.2) is 0 Å². The Kier molecular flexibility index (Phi) is 7.75. The van der Waals surface area contributed by atoms with E-state index in [1.165, 1.54) is 17.1 Å². The average Bonchev–Trinajstić information content (AvgIpc) is 2.68. The van der Waals surface area contributed by atoms with Crippen LogP contribution in [0.15, 0.2) is 43.0 Å². The minimum atomic E-state index is -0.559. The monoisotopic (exact) mass is 410 g/mol. The van der Waals surface area contributed by atoms with Crippen LogP contribution in [0, 0.1) is 12.3 Å². The van der Waals surface area contributed by atoms with Gasteiger partial charge in [0.15, 0.2) is 16.6 Å². The quantitative estimate of drug-likeness (QED) is 0.223. The number of nitrogens with one attached hydrogen (secondary N) is 1. The Hall–Kier alpha value is -3.37. The molecule has 1 aliphatic rings. The van der Waals surface area contributed by atoms with E-state index in [1.807, 2.05) is 6.92 Å². The molecular weight excluding hydrogens is 388 g/mol. The molecule has 1 saturated heterocycles. The fourth-order valence-electron chi connectivity index (χ4n) is 2.77.